The second-order valence-corrected chi connectivity index (χ2v) is 6.13. The van der Waals surface area contributed by atoms with Crippen molar-refractivity contribution in [3.8, 4) is 6.07 Å². The summed E-state index contributed by atoms with van der Waals surface area (Å²) in [6.45, 7) is 4.14. The van der Waals surface area contributed by atoms with E-state index >= 15 is 0 Å². The summed E-state index contributed by atoms with van der Waals surface area (Å²) in [7, 11) is 0. The number of aryl methyl sites for hydroxylation is 2. The zero-order valence-electron chi connectivity index (χ0n) is 15.3. The molecule has 3 rings (SSSR count). The third kappa shape index (κ3) is 4.13. The Labute approximate surface area is 158 Å². The molecule has 5 nitrogen and oxygen atoms in total. The minimum absolute atomic E-state index is 0.288. The highest BCUT2D eigenvalue weighted by Crippen LogP contribution is 2.25. The van der Waals surface area contributed by atoms with Crippen molar-refractivity contribution < 1.29 is 4.79 Å². The first kappa shape index (κ1) is 18.2. The molecule has 0 aliphatic heterocycles. The fourth-order valence-electron chi connectivity index (χ4n) is 2.85. The number of pyridine rings is 1. The molecule has 0 unspecified atom stereocenters. The van der Waals surface area contributed by atoms with Crippen molar-refractivity contribution in [2.45, 2.75) is 20.3 Å². The minimum Gasteiger partial charge on any atom is -0.340 e. The number of anilines is 3. The van der Waals surface area contributed by atoms with Crippen LogP contribution in [0, 0.1) is 18.3 Å². The van der Waals surface area contributed by atoms with Crippen LogP contribution in [0.3, 0.4) is 0 Å². The molecule has 0 atom stereocenters. The molecule has 0 saturated carbocycles. The summed E-state index contributed by atoms with van der Waals surface area (Å²) in [5.74, 6) is 0.309. The van der Waals surface area contributed by atoms with Gasteiger partial charge in [0.2, 0.25) is 0 Å². The van der Waals surface area contributed by atoms with Gasteiger partial charge in [0.25, 0.3) is 5.91 Å². The van der Waals surface area contributed by atoms with Crippen LogP contribution in [-0.2, 0) is 6.42 Å². The van der Waals surface area contributed by atoms with E-state index in [0.717, 1.165) is 17.7 Å². The molecule has 0 aliphatic carbocycles. The number of nitrogens with one attached hydrogen (secondary N) is 2. The molecule has 3 aromatic rings. The third-order valence-corrected chi connectivity index (χ3v) is 4.31. The average molecular weight is 356 g/mol. The van der Waals surface area contributed by atoms with Gasteiger partial charge in [-0.15, -0.1) is 0 Å². The van der Waals surface area contributed by atoms with E-state index in [9.17, 15) is 4.79 Å². The van der Waals surface area contributed by atoms with Crippen LogP contribution in [0.2, 0.25) is 0 Å². The molecule has 1 aromatic heterocycles. The first-order valence-electron chi connectivity index (χ1n) is 8.74. The molecular weight excluding hydrogens is 336 g/mol. The highest BCUT2D eigenvalue weighted by atomic mass is 16.1. The molecule has 134 valence electrons. The average Bonchev–Trinajstić information content (AvgIpc) is 2.70. The minimum atomic E-state index is -0.288. The van der Waals surface area contributed by atoms with Gasteiger partial charge in [-0.2, -0.15) is 5.26 Å². The van der Waals surface area contributed by atoms with Crippen LogP contribution < -0.4 is 10.6 Å². The smallest absolute Gasteiger partial charge is 0.255 e. The van der Waals surface area contributed by atoms with Crippen LogP contribution >= 0.6 is 0 Å². The van der Waals surface area contributed by atoms with Crippen molar-refractivity contribution >= 4 is 23.1 Å². The fraction of sp³-hybridized carbons (Fsp3) is 0.136. The second-order valence-electron chi connectivity index (χ2n) is 6.13. The molecule has 0 aliphatic rings. The molecule has 27 heavy (non-hydrogen) atoms. The van der Waals surface area contributed by atoms with E-state index in [-0.39, 0.29) is 5.91 Å². The van der Waals surface area contributed by atoms with Gasteiger partial charge in [-0.25, -0.2) is 4.98 Å². The molecule has 1 amide bonds. The van der Waals surface area contributed by atoms with Crippen molar-refractivity contribution in [2.75, 3.05) is 10.6 Å². The molecule has 0 radical (unpaired) electrons. The van der Waals surface area contributed by atoms with Crippen LogP contribution in [0.1, 0.15) is 34.0 Å². The molecule has 2 aromatic carbocycles. The zero-order valence-corrected chi connectivity index (χ0v) is 15.3. The lowest BCUT2D eigenvalue weighted by Crippen LogP contribution is -2.13. The summed E-state index contributed by atoms with van der Waals surface area (Å²) in [5.41, 5.74) is 4.70. The first-order valence-corrected chi connectivity index (χ1v) is 8.74. The monoisotopic (exact) mass is 356 g/mol. The summed E-state index contributed by atoms with van der Waals surface area (Å²) >= 11 is 0. The van der Waals surface area contributed by atoms with E-state index in [1.54, 1.807) is 42.6 Å². The lowest BCUT2D eigenvalue weighted by molar-refractivity contribution is 0.102. The molecule has 1 heterocycles. The largest absolute Gasteiger partial charge is 0.340 e. The number of aromatic nitrogens is 1. The second kappa shape index (κ2) is 8.15. The Bertz CT molecular complexity index is 1020. The van der Waals surface area contributed by atoms with Crippen LogP contribution in [0.25, 0.3) is 0 Å². The lowest BCUT2D eigenvalue weighted by atomic mass is 10.1. The maximum absolute atomic E-state index is 12.6. The normalized spacial score (nSPS) is 10.1. The van der Waals surface area contributed by atoms with Gasteiger partial charge in [0, 0.05) is 17.4 Å². The number of carbonyl (C=O) groups excluding carboxylic acids is 1. The Hall–Kier alpha value is -3.65. The first-order chi connectivity index (χ1) is 13.1. The standard InChI is InChI=1S/C22H20N4O/c1-3-16-9-6-7-15(2)21(16)26-20-13-17(11-12-24-20)22(27)25-19-10-5-4-8-18(19)14-23/h4-13H,3H2,1-2H3,(H,24,26)(H,25,27). The number of hydrogen-bond donors (Lipinski definition) is 2. The summed E-state index contributed by atoms with van der Waals surface area (Å²) in [6.07, 6.45) is 2.49. The predicted molar refractivity (Wildman–Crippen MR) is 107 cm³/mol. The van der Waals surface area contributed by atoms with Crippen LogP contribution in [-0.4, -0.2) is 10.9 Å². The molecule has 2 N–H and O–H groups in total. The number of amides is 1. The van der Waals surface area contributed by atoms with E-state index in [1.165, 1.54) is 5.56 Å². The number of rotatable bonds is 5. The van der Waals surface area contributed by atoms with Crippen molar-refractivity contribution in [3.05, 3.63) is 83.0 Å². The van der Waals surface area contributed by atoms with Crippen molar-refractivity contribution in [1.29, 1.82) is 5.26 Å². The Morgan fingerprint density at radius 1 is 1.15 bits per heavy atom. The maximum Gasteiger partial charge on any atom is 0.255 e. The number of hydrogen-bond acceptors (Lipinski definition) is 4. The highest BCUT2D eigenvalue weighted by molar-refractivity contribution is 6.05. The van der Waals surface area contributed by atoms with Gasteiger partial charge in [-0.1, -0.05) is 37.3 Å². The Morgan fingerprint density at radius 2 is 1.96 bits per heavy atom. The van der Waals surface area contributed by atoms with Gasteiger partial charge in [0.05, 0.1) is 11.3 Å². The molecule has 0 fully saturated rings. The Kier molecular flexibility index (Phi) is 5.48. The number of nitriles is 1. The van der Waals surface area contributed by atoms with E-state index in [4.69, 9.17) is 5.26 Å². The number of benzene rings is 2. The van der Waals surface area contributed by atoms with Gasteiger partial charge < -0.3 is 10.6 Å². The van der Waals surface area contributed by atoms with E-state index in [2.05, 4.69) is 34.7 Å². The van der Waals surface area contributed by atoms with E-state index in [0.29, 0.717) is 22.6 Å². The van der Waals surface area contributed by atoms with Crippen molar-refractivity contribution in [3.63, 3.8) is 0 Å². The van der Waals surface area contributed by atoms with E-state index < -0.39 is 0 Å². The maximum atomic E-state index is 12.6. The van der Waals surface area contributed by atoms with Gasteiger partial charge in [0.1, 0.15) is 11.9 Å². The Morgan fingerprint density at radius 3 is 2.74 bits per heavy atom. The summed E-state index contributed by atoms with van der Waals surface area (Å²) in [5, 5.41) is 15.3. The molecule has 0 bridgehead atoms. The van der Waals surface area contributed by atoms with Gasteiger partial charge in [0.15, 0.2) is 0 Å². The van der Waals surface area contributed by atoms with Crippen molar-refractivity contribution in [2.24, 2.45) is 0 Å². The van der Waals surface area contributed by atoms with Crippen LogP contribution in [0.4, 0.5) is 17.2 Å². The van der Waals surface area contributed by atoms with Gasteiger partial charge in [-0.3, -0.25) is 4.79 Å². The predicted octanol–water partition coefficient (Wildman–Crippen LogP) is 4.82. The van der Waals surface area contributed by atoms with E-state index in [1.807, 2.05) is 19.1 Å². The van der Waals surface area contributed by atoms with Crippen LogP contribution in [0.5, 0.6) is 0 Å². The quantitative estimate of drug-likeness (QED) is 0.687. The summed E-state index contributed by atoms with van der Waals surface area (Å²) in [6, 6.07) is 18.5. The third-order valence-electron chi connectivity index (χ3n) is 4.31. The molecule has 0 saturated heterocycles. The SMILES string of the molecule is CCc1cccc(C)c1Nc1cc(C(=O)Nc2ccccc2C#N)ccn1. The number of para-hydroxylation sites is 2. The highest BCUT2D eigenvalue weighted by Gasteiger charge is 2.11. The van der Waals surface area contributed by atoms with Gasteiger partial charge in [-0.05, 0) is 48.7 Å². The topological polar surface area (TPSA) is 77.8 Å². The van der Waals surface area contributed by atoms with Gasteiger partial charge >= 0.3 is 0 Å². The Balaban J connectivity index is 1.84. The number of nitrogens with zero attached hydrogens (tertiary/aromatic N) is 2. The molecular formula is C22H20N4O. The number of carbonyl (C=O) groups is 1. The molecule has 0 spiro atoms. The lowest BCUT2D eigenvalue weighted by Gasteiger charge is -2.14. The van der Waals surface area contributed by atoms with Crippen molar-refractivity contribution in [1.82, 2.24) is 4.98 Å². The summed E-state index contributed by atoms with van der Waals surface area (Å²) < 4.78 is 0. The molecule has 5 heteroatoms. The summed E-state index contributed by atoms with van der Waals surface area (Å²) in [4.78, 5) is 16.9. The zero-order chi connectivity index (χ0) is 19.2. The fourth-order valence-corrected chi connectivity index (χ4v) is 2.85. The van der Waals surface area contributed by atoms with Crippen LogP contribution in [0.15, 0.2) is 60.8 Å².